The lowest BCUT2D eigenvalue weighted by atomic mass is 9.94. The summed E-state index contributed by atoms with van der Waals surface area (Å²) < 4.78 is 0. The molecule has 0 aromatic heterocycles. The number of amides is 1. The molecule has 3 rings (SSSR count). The van der Waals surface area contributed by atoms with E-state index in [4.69, 9.17) is 16.7 Å². The van der Waals surface area contributed by atoms with E-state index in [0.29, 0.717) is 11.6 Å². The highest BCUT2D eigenvalue weighted by atomic mass is 35.5. The Morgan fingerprint density at radius 2 is 1.83 bits per heavy atom. The van der Waals surface area contributed by atoms with Crippen LogP contribution in [0.25, 0.3) is 0 Å². The molecule has 0 spiro atoms. The monoisotopic (exact) mass is 343 g/mol. The van der Waals surface area contributed by atoms with Crippen LogP contribution in [0.4, 0.5) is 0 Å². The standard InChI is InChI=1S/C19H18ClNO3/c1-21(12-13-5-7-14(8-6-13)17(22)23)18(24)19(9-10-19)15-3-2-4-16(20)11-15/h2-8,11H,9-10,12H2,1H3,(H,22,23). The number of carboxylic acids is 1. The lowest BCUT2D eigenvalue weighted by Gasteiger charge is -2.24. The van der Waals surface area contributed by atoms with Crippen molar-refractivity contribution in [2.45, 2.75) is 24.8 Å². The van der Waals surface area contributed by atoms with Gasteiger partial charge in [0.2, 0.25) is 5.91 Å². The van der Waals surface area contributed by atoms with Crippen LogP contribution >= 0.6 is 11.6 Å². The first-order valence-corrected chi connectivity index (χ1v) is 8.14. The van der Waals surface area contributed by atoms with E-state index in [9.17, 15) is 9.59 Å². The van der Waals surface area contributed by atoms with Crippen LogP contribution in [0.2, 0.25) is 5.02 Å². The van der Waals surface area contributed by atoms with Gasteiger partial charge in [-0.3, -0.25) is 4.79 Å². The quantitative estimate of drug-likeness (QED) is 0.900. The van der Waals surface area contributed by atoms with E-state index >= 15 is 0 Å². The van der Waals surface area contributed by atoms with Crippen LogP contribution in [0.15, 0.2) is 48.5 Å². The second-order valence-corrected chi connectivity index (χ2v) is 6.69. The first-order valence-electron chi connectivity index (χ1n) is 7.76. The van der Waals surface area contributed by atoms with Crippen molar-refractivity contribution in [3.05, 3.63) is 70.2 Å². The minimum Gasteiger partial charge on any atom is -0.478 e. The van der Waals surface area contributed by atoms with E-state index in [1.807, 2.05) is 18.2 Å². The Kier molecular flexibility index (Phi) is 4.33. The molecule has 0 atom stereocenters. The van der Waals surface area contributed by atoms with Crippen molar-refractivity contribution in [3.63, 3.8) is 0 Å². The van der Waals surface area contributed by atoms with Gasteiger partial charge in [0, 0.05) is 18.6 Å². The predicted molar refractivity (Wildman–Crippen MR) is 92.2 cm³/mol. The molecule has 1 aliphatic rings. The third-order valence-corrected chi connectivity index (χ3v) is 4.74. The Labute approximate surface area is 145 Å². The van der Waals surface area contributed by atoms with Crippen molar-refractivity contribution in [1.82, 2.24) is 4.90 Å². The molecule has 0 bridgehead atoms. The molecule has 0 radical (unpaired) electrons. The lowest BCUT2D eigenvalue weighted by Crippen LogP contribution is -2.36. The molecule has 24 heavy (non-hydrogen) atoms. The average molecular weight is 344 g/mol. The molecule has 4 nitrogen and oxygen atoms in total. The van der Waals surface area contributed by atoms with Crippen molar-refractivity contribution in [2.75, 3.05) is 7.05 Å². The summed E-state index contributed by atoms with van der Waals surface area (Å²) in [6.45, 7) is 0.445. The number of halogens is 1. The van der Waals surface area contributed by atoms with Crippen molar-refractivity contribution in [2.24, 2.45) is 0 Å². The Balaban J connectivity index is 1.74. The summed E-state index contributed by atoms with van der Waals surface area (Å²) in [6.07, 6.45) is 1.66. The zero-order chi connectivity index (χ0) is 17.3. The van der Waals surface area contributed by atoms with Crippen LogP contribution in [-0.4, -0.2) is 28.9 Å². The Hall–Kier alpha value is -2.33. The zero-order valence-corrected chi connectivity index (χ0v) is 14.1. The highest BCUT2D eigenvalue weighted by Crippen LogP contribution is 2.50. The van der Waals surface area contributed by atoms with Gasteiger partial charge in [0.15, 0.2) is 0 Å². The van der Waals surface area contributed by atoms with Crippen LogP contribution < -0.4 is 0 Å². The molecule has 0 aliphatic heterocycles. The summed E-state index contributed by atoms with van der Waals surface area (Å²) in [5, 5.41) is 9.57. The molecule has 1 N–H and O–H groups in total. The van der Waals surface area contributed by atoms with Gasteiger partial charge in [0.25, 0.3) is 0 Å². The molecule has 1 saturated carbocycles. The number of benzene rings is 2. The lowest BCUT2D eigenvalue weighted by molar-refractivity contribution is -0.133. The molecule has 124 valence electrons. The highest BCUT2D eigenvalue weighted by molar-refractivity contribution is 6.30. The highest BCUT2D eigenvalue weighted by Gasteiger charge is 2.52. The number of hydrogen-bond acceptors (Lipinski definition) is 2. The van der Waals surface area contributed by atoms with Gasteiger partial charge in [0.05, 0.1) is 11.0 Å². The number of carboxylic acid groups (broad SMARTS) is 1. The number of aromatic carboxylic acids is 1. The fourth-order valence-electron chi connectivity index (χ4n) is 3.00. The second kappa shape index (κ2) is 6.29. The van der Waals surface area contributed by atoms with Crippen LogP contribution in [0.5, 0.6) is 0 Å². The Bertz CT molecular complexity index is 781. The third-order valence-electron chi connectivity index (χ3n) is 4.50. The first kappa shape index (κ1) is 16.5. The average Bonchev–Trinajstić information content (AvgIpc) is 3.36. The molecule has 0 saturated heterocycles. The van der Waals surface area contributed by atoms with Crippen molar-refractivity contribution < 1.29 is 14.7 Å². The van der Waals surface area contributed by atoms with Gasteiger partial charge in [-0.2, -0.15) is 0 Å². The molecule has 0 unspecified atom stereocenters. The van der Waals surface area contributed by atoms with Crippen LogP contribution in [0.3, 0.4) is 0 Å². The van der Waals surface area contributed by atoms with Crippen LogP contribution in [0, 0.1) is 0 Å². The van der Waals surface area contributed by atoms with Gasteiger partial charge in [-0.25, -0.2) is 4.79 Å². The Morgan fingerprint density at radius 1 is 1.17 bits per heavy atom. The first-order chi connectivity index (χ1) is 11.4. The van der Waals surface area contributed by atoms with Crippen molar-refractivity contribution in [1.29, 1.82) is 0 Å². The number of carbonyl (C=O) groups is 2. The third kappa shape index (κ3) is 3.15. The molecule has 1 aliphatic carbocycles. The molecule has 1 fully saturated rings. The van der Waals surface area contributed by atoms with Gasteiger partial charge < -0.3 is 10.0 Å². The number of likely N-dealkylation sites (N-methyl/N-ethyl adjacent to an activating group) is 1. The minimum absolute atomic E-state index is 0.0760. The summed E-state index contributed by atoms with van der Waals surface area (Å²) in [5.74, 6) is -0.879. The largest absolute Gasteiger partial charge is 0.478 e. The van der Waals surface area contributed by atoms with Gasteiger partial charge >= 0.3 is 5.97 Å². The normalized spacial score (nSPS) is 14.9. The SMILES string of the molecule is CN(Cc1ccc(C(=O)O)cc1)C(=O)C1(c2cccc(Cl)c2)CC1. The summed E-state index contributed by atoms with van der Waals surface area (Å²) in [5.41, 5.74) is 1.65. The van der Waals surface area contributed by atoms with Gasteiger partial charge in [-0.1, -0.05) is 35.9 Å². The fourth-order valence-corrected chi connectivity index (χ4v) is 3.19. The van der Waals surface area contributed by atoms with Crippen LogP contribution in [-0.2, 0) is 16.8 Å². The summed E-state index contributed by atoms with van der Waals surface area (Å²) in [6, 6.07) is 14.1. The van der Waals surface area contributed by atoms with E-state index in [-0.39, 0.29) is 11.5 Å². The summed E-state index contributed by atoms with van der Waals surface area (Å²) in [7, 11) is 1.78. The molecule has 0 heterocycles. The van der Waals surface area contributed by atoms with E-state index in [1.165, 1.54) is 0 Å². The van der Waals surface area contributed by atoms with Gasteiger partial charge in [-0.05, 0) is 48.2 Å². The van der Waals surface area contributed by atoms with Crippen LogP contribution in [0.1, 0.15) is 34.3 Å². The maximum atomic E-state index is 12.9. The number of hydrogen-bond donors (Lipinski definition) is 1. The molecule has 2 aromatic rings. The maximum absolute atomic E-state index is 12.9. The Morgan fingerprint density at radius 3 is 2.38 bits per heavy atom. The molecular formula is C19H18ClNO3. The zero-order valence-electron chi connectivity index (χ0n) is 13.3. The minimum atomic E-state index is -0.955. The summed E-state index contributed by atoms with van der Waals surface area (Å²) in [4.78, 5) is 25.5. The second-order valence-electron chi connectivity index (χ2n) is 6.26. The summed E-state index contributed by atoms with van der Waals surface area (Å²) >= 11 is 6.06. The smallest absolute Gasteiger partial charge is 0.335 e. The molecule has 2 aromatic carbocycles. The number of carbonyl (C=O) groups excluding carboxylic acids is 1. The molecule has 1 amide bonds. The van der Waals surface area contributed by atoms with Crippen molar-refractivity contribution >= 4 is 23.5 Å². The van der Waals surface area contributed by atoms with E-state index in [0.717, 1.165) is 24.0 Å². The van der Waals surface area contributed by atoms with Gasteiger partial charge in [-0.15, -0.1) is 0 Å². The molecule has 5 heteroatoms. The number of rotatable bonds is 5. The topological polar surface area (TPSA) is 57.6 Å². The fraction of sp³-hybridized carbons (Fsp3) is 0.263. The van der Waals surface area contributed by atoms with E-state index in [2.05, 4.69) is 0 Å². The van der Waals surface area contributed by atoms with Gasteiger partial charge in [0.1, 0.15) is 0 Å². The maximum Gasteiger partial charge on any atom is 0.335 e. The molecular weight excluding hydrogens is 326 g/mol. The number of nitrogens with zero attached hydrogens (tertiary/aromatic N) is 1. The predicted octanol–water partition coefficient (Wildman–Crippen LogP) is 3.73. The van der Waals surface area contributed by atoms with Crippen molar-refractivity contribution in [3.8, 4) is 0 Å². The van der Waals surface area contributed by atoms with E-state index in [1.54, 1.807) is 42.3 Å². The van der Waals surface area contributed by atoms with E-state index < -0.39 is 11.4 Å².